The molecule has 3 rings (SSSR count). The molecule has 1 aliphatic rings. The van der Waals surface area contributed by atoms with Gasteiger partial charge in [-0.25, -0.2) is 0 Å². The molecule has 2 aromatic rings. The summed E-state index contributed by atoms with van der Waals surface area (Å²) in [6, 6.07) is 10.1. The van der Waals surface area contributed by atoms with Crippen molar-refractivity contribution in [1.82, 2.24) is 9.88 Å². The Hall–Kier alpha value is -2.69. The molecule has 0 spiro atoms. The van der Waals surface area contributed by atoms with Crippen LogP contribution in [-0.2, 0) is 0 Å². The summed E-state index contributed by atoms with van der Waals surface area (Å²) >= 11 is 0. The second kappa shape index (κ2) is 4.45. The first-order valence-corrected chi connectivity index (χ1v) is 6.28. The number of nitrogens with zero attached hydrogens (tertiary/aromatic N) is 2. The standard InChI is InChI=1S/C15H13N3O2/c1-9(10-4-2-5-11(16)8-10)18-14(19)12-6-3-7-17-13(12)15(18)20/h2-9H,16H2,1H3. The van der Waals surface area contributed by atoms with Crippen molar-refractivity contribution in [2.75, 3.05) is 5.73 Å². The average molecular weight is 267 g/mol. The van der Waals surface area contributed by atoms with Gasteiger partial charge < -0.3 is 5.73 Å². The van der Waals surface area contributed by atoms with Gasteiger partial charge in [-0.1, -0.05) is 12.1 Å². The van der Waals surface area contributed by atoms with E-state index in [1.807, 2.05) is 6.07 Å². The summed E-state index contributed by atoms with van der Waals surface area (Å²) in [5.74, 6) is -0.673. The van der Waals surface area contributed by atoms with E-state index in [1.165, 1.54) is 11.1 Å². The highest BCUT2D eigenvalue weighted by Gasteiger charge is 2.39. The minimum absolute atomic E-state index is 0.216. The molecule has 20 heavy (non-hydrogen) atoms. The van der Waals surface area contributed by atoms with Crippen molar-refractivity contribution in [3.63, 3.8) is 0 Å². The van der Waals surface area contributed by atoms with E-state index in [0.717, 1.165) is 5.56 Å². The third-order valence-corrected chi connectivity index (χ3v) is 3.46. The Labute approximate surface area is 116 Å². The lowest BCUT2D eigenvalue weighted by Crippen LogP contribution is -2.32. The number of carbonyl (C=O) groups excluding carboxylic acids is 2. The van der Waals surface area contributed by atoms with Crippen LogP contribution in [0.4, 0.5) is 5.69 Å². The number of imide groups is 1. The van der Waals surface area contributed by atoms with Crippen molar-refractivity contribution in [2.24, 2.45) is 0 Å². The number of aromatic nitrogens is 1. The molecule has 0 radical (unpaired) electrons. The second-order valence-electron chi connectivity index (χ2n) is 4.73. The highest BCUT2D eigenvalue weighted by Crippen LogP contribution is 2.30. The second-order valence-corrected chi connectivity index (χ2v) is 4.73. The number of nitrogen functional groups attached to an aromatic ring is 1. The van der Waals surface area contributed by atoms with Crippen LogP contribution < -0.4 is 5.73 Å². The SMILES string of the molecule is CC(c1cccc(N)c1)N1C(=O)c2cccnc2C1=O. The van der Waals surface area contributed by atoms with Crippen molar-refractivity contribution in [1.29, 1.82) is 0 Å². The quantitative estimate of drug-likeness (QED) is 0.667. The van der Waals surface area contributed by atoms with Crippen LogP contribution in [0, 0.1) is 0 Å². The lowest BCUT2D eigenvalue weighted by Gasteiger charge is -2.22. The Morgan fingerprint density at radius 3 is 2.65 bits per heavy atom. The number of benzene rings is 1. The molecule has 1 atom stereocenters. The maximum Gasteiger partial charge on any atom is 0.280 e. The summed E-state index contributed by atoms with van der Waals surface area (Å²) in [6.07, 6.45) is 1.51. The van der Waals surface area contributed by atoms with Crippen molar-refractivity contribution in [2.45, 2.75) is 13.0 Å². The zero-order valence-electron chi connectivity index (χ0n) is 10.9. The van der Waals surface area contributed by atoms with Gasteiger partial charge in [0.25, 0.3) is 11.8 Å². The fourth-order valence-electron chi connectivity index (χ4n) is 2.40. The van der Waals surface area contributed by atoms with Crippen LogP contribution in [0.5, 0.6) is 0 Å². The number of amides is 2. The number of hydrogen-bond donors (Lipinski definition) is 1. The number of rotatable bonds is 2. The van der Waals surface area contributed by atoms with Gasteiger partial charge in [0.2, 0.25) is 0 Å². The number of fused-ring (bicyclic) bond motifs is 1. The molecule has 1 unspecified atom stereocenters. The Balaban J connectivity index is 2.01. The molecule has 5 nitrogen and oxygen atoms in total. The first-order chi connectivity index (χ1) is 9.59. The summed E-state index contributed by atoms with van der Waals surface area (Å²) < 4.78 is 0. The van der Waals surface area contributed by atoms with Gasteiger partial charge >= 0.3 is 0 Å². The Morgan fingerprint density at radius 1 is 1.15 bits per heavy atom. The van der Waals surface area contributed by atoms with Crippen LogP contribution in [0.25, 0.3) is 0 Å². The van der Waals surface area contributed by atoms with E-state index < -0.39 is 0 Å². The van der Waals surface area contributed by atoms with Crippen LogP contribution in [0.3, 0.4) is 0 Å². The largest absolute Gasteiger partial charge is 0.399 e. The molecule has 2 N–H and O–H groups in total. The summed E-state index contributed by atoms with van der Waals surface area (Å²) in [6.45, 7) is 1.80. The third-order valence-electron chi connectivity index (χ3n) is 3.46. The van der Waals surface area contributed by atoms with E-state index in [4.69, 9.17) is 5.73 Å². The smallest absolute Gasteiger partial charge is 0.280 e. The maximum absolute atomic E-state index is 12.3. The van der Waals surface area contributed by atoms with Crippen molar-refractivity contribution in [3.05, 3.63) is 59.4 Å². The average Bonchev–Trinajstić information content (AvgIpc) is 2.71. The molecule has 1 aromatic carbocycles. The van der Waals surface area contributed by atoms with E-state index in [-0.39, 0.29) is 23.6 Å². The molecule has 0 aliphatic carbocycles. The van der Waals surface area contributed by atoms with Crippen LogP contribution in [0.1, 0.15) is 39.4 Å². The summed E-state index contributed by atoms with van der Waals surface area (Å²) in [5.41, 5.74) is 7.74. The van der Waals surface area contributed by atoms with E-state index >= 15 is 0 Å². The number of carbonyl (C=O) groups is 2. The van der Waals surface area contributed by atoms with Gasteiger partial charge in [0.15, 0.2) is 0 Å². The zero-order valence-corrected chi connectivity index (χ0v) is 10.9. The van der Waals surface area contributed by atoms with Crippen LogP contribution >= 0.6 is 0 Å². The molecule has 100 valence electrons. The normalized spacial score (nSPS) is 15.3. The minimum Gasteiger partial charge on any atom is -0.399 e. The molecule has 2 amide bonds. The zero-order chi connectivity index (χ0) is 14.3. The van der Waals surface area contributed by atoms with Gasteiger partial charge in [0, 0.05) is 11.9 Å². The lowest BCUT2D eigenvalue weighted by atomic mass is 10.1. The van der Waals surface area contributed by atoms with Gasteiger partial charge in [-0.05, 0) is 36.8 Å². The first-order valence-electron chi connectivity index (χ1n) is 6.28. The monoisotopic (exact) mass is 267 g/mol. The Kier molecular flexibility index (Phi) is 2.75. The highest BCUT2D eigenvalue weighted by atomic mass is 16.2. The fraction of sp³-hybridized carbons (Fsp3) is 0.133. The molecule has 0 fully saturated rings. The summed E-state index contributed by atoms with van der Waals surface area (Å²) in [5, 5.41) is 0. The Morgan fingerprint density at radius 2 is 1.95 bits per heavy atom. The van der Waals surface area contributed by atoms with Crippen molar-refractivity contribution < 1.29 is 9.59 Å². The molecular formula is C15H13N3O2. The van der Waals surface area contributed by atoms with Gasteiger partial charge in [0.05, 0.1) is 11.6 Å². The summed E-state index contributed by atoms with van der Waals surface area (Å²) in [4.78, 5) is 29.9. The molecule has 0 bridgehead atoms. The number of nitrogens with two attached hydrogens (primary N) is 1. The minimum atomic E-state index is -0.382. The van der Waals surface area contributed by atoms with E-state index in [9.17, 15) is 9.59 Å². The summed E-state index contributed by atoms with van der Waals surface area (Å²) in [7, 11) is 0. The van der Waals surface area contributed by atoms with E-state index in [2.05, 4.69) is 4.98 Å². The molecule has 1 aliphatic heterocycles. The molecular weight excluding hydrogens is 254 g/mol. The molecule has 0 saturated heterocycles. The van der Waals surface area contributed by atoms with E-state index in [0.29, 0.717) is 11.3 Å². The highest BCUT2D eigenvalue weighted by molar-refractivity contribution is 6.20. The first kappa shape index (κ1) is 12.3. The molecule has 0 saturated carbocycles. The Bertz CT molecular complexity index is 677. The van der Waals surface area contributed by atoms with Crippen LogP contribution in [-0.4, -0.2) is 21.7 Å². The maximum atomic E-state index is 12.3. The molecule has 2 heterocycles. The van der Waals surface area contributed by atoms with Gasteiger partial charge in [0.1, 0.15) is 5.69 Å². The number of pyridine rings is 1. The lowest BCUT2D eigenvalue weighted by molar-refractivity contribution is 0.0593. The molecule has 1 aromatic heterocycles. The fourth-order valence-corrected chi connectivity index (χ4v) is 2.40. The number of anilines is 1. The predicted molar refractivity (Wildman–Crippen MR) is 74.0 cm³/mol. The van der Waals surface area contributed by atoms with Gasteiger partial charge in [-0.3, -0.25) is 19.5 Å². The number of hydrogen-bond acceptors (Lipinski definition) is 4. The third kappa shape index (κ3) is 1.75. The van der Waals surface area contributed by atoms with Crippen LogP contribution in [0.15, 0.2) is 42.6 Å². The van der Waals surface area contributed by atoms with Gasteiger partial charge in [-0.2, -0.15) is 0 Å². The predicted octanol–water partition coefficient (Wildman–Crippen LogP) is 2.02. The topological polar surface area (TPSA) is 76.3 Å². The van der Waals surface area contributed by atoms with Crippen molar-refractivity contribution in [3.8, 4) is 0 Å². The van der Waals surface area contributed by atoms with Crippen LogP contribution in [0.2, 0.25) is 0 Å². The van der Waals surface area contributed by atoms with E-state index in [1.54, 1.807) is 37.3 Å². The molecule has 5 heteroatoms. The van der Waals surface area contributed by atoms with Gasteiger partial charge in [-0.15, -0.1) is 0 Å². The van der Waals surface area contributed by atoms with Crippen molar-refractivity contribution >= 4 is 17.5 Å².